The van der Waals surface area contributed by atoms with Crippen molar-refractivity contribution in [2.75, 3.05) is 19.8 Å². The minimum Gasteiger partial charge on any atom is -0.493 e. The van der Waals surface area contributed by atoms with Gasteiger partial charge in [0.2, 0.25) is 0 Å². The van der Waals surface area contributed by atoms with Gasteiger partial charge in [0.05, 0.1) is 25.4 Å². The summed E-state index contributed by atoms with van der Waals surface area (Å²) in [5.74, 6) is -0.446. The van der Waals surface area contributed by atoms with Gasteiger partial charge < -0.3 is 19.3 Å². The van der Waals surface area contributed by atoms with Crippen molar-refractivity contribution in [1.29, 1.82) is 0 Å². The van der Waals surface area contributed by atoms with Crippen LogP contribution in [0.1, 0.15) is 31.1 Å². The molecule has 0 aromatic heterocycles. The average molecular weight is 308 g/mol. The van der Waals surface area contributed by atoms with E-state index in [0.29, 0.717) is 37.1 Å². The van der Waals surface area contributed by atoms with Gasteiger partial charge in [-0.05, 0) is 32.9 Å². The number of carbonyl (C=O) groups is 2. The number of allylic oxidation sites excluding steroid dienone is 1. The Kier molecular flexibility index (Phi) is 6.95. The summed E-state index contributed by atoms with van der Waals surface area (Å²) in [6.45, 7) is 6.66. The molecule has 1 aromatic rings. The molecule has 0 amide bonds. The molecular weight excluding hydrogens is 288 g/mol. The van der Waals surface area contributed by atoms with Crippen molar-refractivity contribution in [3.63, 3.8) is 0 Å². The van der Waals surface area contributed by atoms with E-state index >= 15 is 0 Å². The maximum atomic E-state index is 12.1. The number of ketones is 1. The lowest BCUT2D eigenvalue weighted by Gasteiger charge is -2.15. The molecule has 6 heteroatoms. The fourth-order valence-corrected chi connectivity index (χ4v) is 1.78. The van der Waals surface area contributed by atoms with E-state index in [1.807, 2.05) is 13.8 Å². The smallest absolute Gasteiger partial charge is 0.328 e. The van der Waals surface area contributed by atoms with Crippen LogP contribution in [0.25, 0.3) is 0 Å². The molecule has 0 radical (unpaired) electrons. The van der Waals surface area contributed by atoms with Gasteiger partial charge in [0.25, 0.3) is 0 Å². The van der Waals surface area contributed by atoms with Gasteiger partial charge >= 0.3 is 5.97 Å². The first kappa shape index (κ1) is 17.6. The first-order valence-corrected chi connectivity index (χ1v) is 7.05. The van der Waals surface area contributed by atoms with Gasteiger partial charge in [0.1, 0.15) is 5.75 Å². The summed E-state index contributed by atoms with van der Waals surface area (Å²) in [6, 6.07) is 3.09. The lowest BCUT2D eigenvalue weighted by atomic mass is 10.1. The van der Waals surface area contributed by atoms with Crippen molar-refractivity contribution in [3.8, 4) is 17.2 Å². The molecule has 0 heterocycles. The van der Waals surface area contributed by atoms with Gasteiger partial charge in [-0.1, -0.05) is 0 Å². The zero-order valence-electron chi connectivity index (χ0n) is 12.9. The topological polar surface area (TPSA) is 82.1 Å². The largest absolute Gasteiger partial charge is 0.493 e. The van der Waals surface area contributed by atoms with Gasteiger partial charge in [-0.2, -0.15) is 0 Å². The highest BCUT2D eigenvalue weighted by Crippen LogP contribution is 2.35. The van der Waals surface area contributed by atoms with Crippen LogP contribution in [0.5, 0.6) is 17.2 Å². The molecule has 1 aromatic carbocycles. The Labute approximate surface area is 129 Å². The molecule has 120 valence electrons. The van der Waals surface area contributed by atoms with E-state index in [4.69, 9.17) is 19.3 Å². The predicted octanol–water partition coefficient (Wildman–Crippen LogP) is 2.71. The first-order valence-electron chi connectivity index (χ1n) is 7.05. The summed E-state index contributed by atoms with van der Waals surface area (Å²) in [6.07, 6.45) is 1.77. The van der Waals surface area contributed by atoms with Crippen LogP contribution in [0.4, 0.5) is 0 Å². The highest BCUT2D eigenvalue weighted by molar-refractivity contribution is 6.09. The van der Waals surface area contributed by atoms with E-state index < -0.39 is 11.8 Å². The first-order chi connectivity index (χ1) is 10.5. The molecule has 0 bridgehead atoms. The van der Waals surface area contributed by atoms with Crippen LogP contribution in [0.3, 0.4) is 0 Å². The number of hydrogen-bond acceptors (Lipinski definition) is 5. The van der Waals surface area contributed by atoms with Gasteiger partial charge in [0, 0.05) is 12.1 Å². The predicted molar refractivity (Wildman–Crippen MR) is 81.1 cm³/mol. The molecule has 1 N–H and O–H groups in total. The fourth-order valence-electron chi connectivity index (χ4n) is 1.78. The molecule has 0 spiro atoms. The van der Waals surface area contributed by atoms with E-state index in [1.54, 1.807) is 13.0 Å². The number of carboxylic acids is 1. The zero-order chi connectivity index (χ0) is 16.5. The highest BCUT2D eigenvalue weighted by atomic mass is 16.5. The van der Waals surface area contributed by atoms with Crippen LogP contribution in [0.2, 0.25) is 0 Å². The van der Waals surface area contributed by atoms with Crippen molar-refractivity contribution in [3.05, 3.63) is 29.8 Å². The van der Waals surface area contributed by atoms with Crippen molar-refractivity contribution in [2.24, 2.45) is 0 Å². The standard InChI is InChI=1S/C16H20O6/c1-4-20-13-10-15(22-6-3)14(21-5-2)9-11(13)12(17)7-8-16(18)19/h7-10H,4-6H2,1-3H3,(H,18,19)/b8-7+. The van der Waals surface area contributed by atoms with Crippen LogP contribution in [-0.2, 0) is 4.79 Å². The third kappa shape index (κ3) is 4.80. The van der Waals surface area contributed by atoms with Gasteiger partial charge in [-0.15, -0.1) is 0 Å². The Morgan fingerprint density at radius 1 is 0.909 bits per heavy atom. The number of benzene rings is 1. The van der Waals surface area contributed by atoms with E-state index in [1.165, 1.54) is 6.07 Å². The number of aliphatic carboxylic acids is 1. The Morgan fingerprint density at radius 2 is 1.41 bits per heavy atom. The fraction of sp³-hybridized carbons (Fsp3) is 0.375. The summed E-state index contributed by atoms with van der Waals surface area (Å²) in [5, 5.41) is 8.62. The number of hydrogen-bond donors (Lipinski definition) is 1. The normalized spacial score (nSPS) is 10.5. The van der Waals surface area contributed by atoms with Gasteiger partial charge in [-0.3, -0.25) is 4.79 Å². The second-order valence-corrected chi connectivity index (χ2v) is 4.13. The summed E-state index contributed by atoms with van der Waals surface area (Å²) >= 11 is 0. The van der Waals surface area contributed by atoms with Crippen LogP contribution in [0.15, 0.2) is 24.3 Å². The van der Waals surface area contributed by atoms with Crippen LogP contribution >= 0.6 is 0 Å². The summed E-state index contributed by atoms with van der Waals surface area (Å²) in [4.78, 5) is 22.7. The molecular formula is C16H20O6. The number of carboxylic acid groups (broad SMARTS) is 1. The van der Waals surface area contributed by atoms with Crippen LogP contribution in [0, 0.1) is 0 Å². The monoisotopic (exact) mass is 308 g/mol. The van der Waals surface area contributed by atoms with E-state index in [-0.39, 0.29) is 5.56 Å². The van der Waals surface area contributed by atoms with Gasteiger partial charge in [-0.25, -0.2) is 4.79 Å². The van der Waals surface area contributed by atoms with Crippen LogP contribution in [-0.4, -0.2) is 36.7 Å². The van der Waals surface area contributed by atoms with Gasteiger partial charge in [0.15, 0.2) is 17.3 Å². The Morgan fingerprint density at radius 3 is 1.91 bits per heavy atom. The zero-order valence-corrected chi connectivity index (χ0v) is 12.9. The summed E-state index contributed by atoms with van der Waals surface area (Å²) < 4.78 is 16.4. The second-order valence-electron chi connectivity index (χ2n) is 4.13. The quantitative estimate of drug-likeness (QED) is 0.558. The molecule has 0 aliphatic heterocycles. The maximum absolute atomic E-state index is 12.1. The van der Waals surface area contributed by atoms with E-state index in [9.17, 15) is 9.59 Å². The lowest BCUT2D eigenvalue weighted by Crippen LogP contribution is -2.06. The molecule has 6 nitrogen and oxygen atoms in total. The summed E-state index contributed by atoms with van der Waals surface area (Å²) in [5.41, 5.74) is 0.228. The lowest BCUT2D eigenvalue weighted by molar-refractivity contribution is -0.131. The van der Waals surface area contributed by atoms with Crippen molar-refractivity contribution in [1.82, 2.24) is 0 Å². The minimum atomic E-state index is -1.19. The number of rotatable bonds is 9. The highest BCUT2D eigenvalue weighted by Gasteiger charge is 2.17. The van der Waals surface area contributed by atoms with Crippen molar-refractivity contribution in [2.45, 2.75) is 20.8 Å². The molecule has 0 aliphatic rings. The molecule has 0 atom stereocenters. The molecule has 0 saturated heterocycles. The minimum absolute atomic E-state index is 0.228. The molecule has 0 fully saturated rings. The SMILES string of the molecule is CCOc1cc(OCC)c(C(=O)/C=C/C(=O)O)cc1OCC. The molecule has 0 unspecified atom stereocenters. The molecule has 22 heavy (non-hydrogen) atoms. The van der Waals surface area contributed by atoms with Crippen LogP contribution < -0.4 is 14.2 Å². The van der Waals surface area contributed by atoms with E-state index in [0.717, 1.165) is 12.2 Å². The Hall–Kier alpha value is -2.50. The maximum Gasteiger partial charge on any atom is 0.328 e. The van der Waals surface area contributed by atoms with Crippen molar-refractivity contribution < 1.29 is 28.9 Å². The third-order valence-corrected chi connectivity index (χ3v) is 2.59. The second kappa shape index (κ2) is 8.71. The molecule has 0 saturated carbocycles. The Balaban J connectivity index is 3.30. The summed E-state index contributed by atoms with van der Waals surface area (Å²) in [7, 11) is 0. The van der Waals surface area contributed by atoms with Crippen molar-refractivity contribution >= 4 is 11.8 Å². The molecule has 0 aliphatic carbocycles. The average Bonchev–Trinajstić information content (AvgIpc) is 2.48. The Bertz CT molecular complexity index is 562. The van der Waals surface area contributed by atoms with E-state index in [2.05, 4.69) is 0 Å². The number of carbonyl (C=O) groups excluding carboxylic acids is 1. The number of ether oxygens (including phenoxy) is 3. The third-order valence-electron chi connectivity index (χ3n) is 2.59. The molecule has 1 rings (SSSR count).